The fourth-order valence-electron chi connectivity index (χ4n) is 3.06. The van der Waals surface area contributed by atoms with Crippen LogP contribution in [-0.4, -0.2) is 27.4 Å². The average molecular weight is 336 g/mol. The average Bonchev–Trinajstić information content (AvgIpc) is 2.78. The molecule has 2 heterocycles. The maximum atomic E-state index is 12.1. The zero-order valence-electron chi connectivity index (χ0n) is 13.2. The minimum absolute atomic E-state index is 0.0762. The van der Waals surface area contributed by atoms with Crippen LogP contribution in [0.4, 0.5) is 5.82 Å². The van der Waals surface area contributed by atoms with E-state index in [0.29, 0.717) is 24.6 Å². The summed E-state index contributed by atoms with van der Waals surface area (Å²) in [5.74, 6) is 0.688. The molecule has 3 rings (SSSR count). The molecule has 0 aliphatic carbocycles. The molecule has 1 aliphatic heterocycles. The van der Waals surface area contributed by atoms with E-state index >= 15 is 0 Å². The van der Waals surface area contributed by atoms with E-state index in [-0.39, 0.29) is 22.6 Å². The number of ether oxygens (including phenoxy) is 1. The van der Waals surface area contributed by atoms with Crippen LogP contribution < -0.4 is 10.1 Å². The van der Waals surface area contributed by atoms with E-state index in [0.717, 1.165) is 16.8 Å². The third-order valence-electron chi connectivity index (χ3n) is 4.02. The number of aromatic nitrogens is 2. The second-order valence-corrected chi connectivity index (χ2v) is 5.97. The second-order valence-electron chi connectivity index (χ2n) is 5.56. The van der Waals surface area contributed by atoms with Crippen LogP contribution in [-0.2, 0) is 11.8 Å². The topological polar surface area (TPSA) is 76.4 Å². The van der Waals surface area contributed by atoms with Crippen LogP contribution in [0.25, 0.3) is 0 Å². The van der Waals surface area contributed by atoms with Gasteiger partial charge in [0.15, 0.2) is 11.5 Å². The highest BCUT2D eigenvalue weighted by molar-refractivity contribution is 6.32. The lowest BCUT2D eigenvalue weighted by Gasteiger charge is -2.24. The van der Waals surface area contributed by atoms with Crippen molar-refractivity contribution in [2.75, 3.05) is 11.9 Å². The number of benzene rings is 1. The Kier molecular flexibility index (Phi) is 3.93. The zero-order chi connectivity index (χ0) is 16.7. The molecule has 1 amide bonds. The predicted octanol–water partition coefficient (Wildman–Crippen LogP) is 2.96. The Morgan fingerprint density at radius 2 is 2.26 bits per heavy atom. The highest BCUT2D eigenvalue weighted by Crippen LogP contribution is 2.43. The molecule has 1 unspecified atom stereocenters. The van der Waals surface area contributed by atoms with Gasteiger partial charge in [-0.05, 0) is 31.5 Å². The van der Waals surface area contributed by atoms with Crippen molar-refractivity contribution in [3.8, 4) is 11.5 Å². The van der Waals surface area contributed by atoms with Gasteiger partial charge in [-0.15, -0.1) is 0 Å². The lowest BCUT2D eigenvalue weighted by Crippen LogP contribution is -2.24. The van der Waals surface area contributed by atoms with Gasteiger partial charge < -0.3 is 15.2 Å². The number of hydrogen-bond acceptors (Lipinski definition) is 4. The van der Waals surface area contributed by atoms with Gasteiger partial charge in [0.05, 0.1) is 17.3 Å². The number of halogens is 1. The highest BCUT2D eigenvalue weighted by atomic mass is 35.5. The number of carbonyl (C=O) groups is 1. The van der Waals surface area contributed by atoms with Crippen LogP contribution in [0.5, 0.6) is 11.5 Å². The van der Waals surface area contributed by atoms with Crippen molar-refractivity contribution in [2.45, 2.75) is 26.2 Å². The number of aryl methyl sites for hydroxylation is 2. The van der Waals surface area contributed by atoms with E-state index in [9.17, 15) is 9.90 Å². The van der Waals surface area contributed by atoms with Gasteiger partial charge in [-0.3, -0.25) is 9.48 Å². The Morgan fingerprint density at radius 1 is 1.52 bits per heavy atom. The molecule has 0 fully saturated rings. The third kappa shape index (κ3) is 2.63. The number of carbonyl (C=O) groups excluding carboxylic acids is 1. The van der Waals surface area contributed by atoms with Gasteiger partial charge in [-0.2, -0.15) is 5.10 Å². The fourth-order valence-corrected chi connectivity index (χ4v) is 3.27. The molecule has 0 radical (unpaired) electrons. The van der Waals surface area contributed by atoms with Gasteiger partial charge in [-0.25, -0.2) is 0 Å². The molecule has 6 nitrogen and oxygen atoms in total. The van der Waals surface area contributed by atoms with Crippen molar-refractivity contribution in [1.29, 1.82) is 0 Å². The van der Waals surface area contributed by atoms with E-state index in [1.54, 1.807) is 23.9 Å². The van der Waals surface area contributed by atoms with Crippen molar-refractivity contribution in [1.82, 2.24) is 9.78 Å². The summed E-state index contributed by atoms with van der Waals surface area (Å²) in [7, 11) is 1.80. The first-order valence-electron chi connectivity index (χ1n) is 7.40. The van der Waals surface area contributed by atoms with Gasteiger partial charge in [0, 0.05) is 24.9 Å². The van der Waals surface area contributed by atoms with E-state index < -0.39 is 0 Å². The molecule has 1 aliphatic rings. The van der Waals surface area contributed by atoms with Gasteiger partial charge in [0.25, 0.3) is 0 Å². The van der Waals surface area contributed by atoms with Crippen LogP contribution in [0.2, 0.25) is 5.02 Å². The number of amides is 1. The van der Waals surface area contributed by atoms with Crippen molar-refractivity contribution in [3.05, 3.63) is 34.0 Å². The van der Waals surface area contributed by atoms with Crippen molar-refractivity contribution in [2.24, 2.45) is 7.05 Å². The van der Waals surface area contributed by atoms with Crippen molar-refractivity contribution >= 4 is 23.3 Å². The second kappa shape index (κ2) is 5.77. The molecule has 0 saturated carbocycles. The summed E-state index contributed by atoms with van der Waals surface area (Å²) in [5, 5.41) is 17.5. The number of nitrogens with one attached hydrogen (secondary N) is 1. The number of rotatable bonds is 3. The summed E-state index contributed by atoms with van der Waals surface area (Å²) in [6, 6.07) is 3.42. The molecular formula is C16H18ClN3O3. The first-order valence-corrected chi connectivity index (χ1v) is 7.78. The summed E-state index contributed by atoms with van der Waals surface area (Å²) in [6.45, 7) is 4.15. The number of phenols is 1. The first-order chi connectivity index (χ1) is 10.9. The van der Waals surface area contributed by atoms with E-state index in [1.807, 2.05) is 13.8 Å². The molecule has 7 heteroatoms. The minimum Gasteiger partial charge on any atom is -0.503 e. The van der Waals surface area contributed by atoms with Gasteiger partial charge >= 0.3 is 0 Å². The predicted molar refractivity (Wildman–Crippen MR) is 87.3 cm³/mol. The third-order valence-corrected chi connectivity index (χ3v) is 4.31. The maximum absolute atomic E-state index is 12.1. The Balaban J connectivity index is 2.14. The zero-order valence-corrected chi connectivity index (χ0v) is 13.9. The monoisotopic (exact) mass is 335 g/mol. The first kappa shape index (κ1) is 15.7. The Bertz CT molecular complexity index is 785. The lowest BCUT2D eigenvalue weighted by molar-refractivity contribution is -0.116. The molecule has 2 N–H and O–H groups in total. The fraction of sp³-hybridized carbons (Fsp3) is 0.375. The highest BCUT2D eigenvalue weighted by Gasteiger charge is 2.32. The van der Waals surface area contributed by atoms with Crippen molar-refractivity contribution < 1.29 is 14.6 Å². The minimum atomic E-state index is -0.176. The molecule has 0 bridgehead atoms. The lowest BCUT2D eigenvalue weighted by atomic mass is 9.85. The summed E-state index contributed by atoms with van der Waals surface area (Å²) in [4.78, 5) is 12.1. The molecular weight excluding hydrogens is 318 g/mol. The van der Waals surface area contributed by atoms with Gasteiger partial charge in [0.2, 0.25) is 5.91 Å². The van der Waals surface area contributed by atoms with E-state index in [4.69, 9.17) is 16.3 Å². The molecule has 23 heavy (non-hydrogen) atoms. The summed E-state index contributed by atoms with van der Waals surface area (Å²) in [6.07, 6.45) is 0.298. The summed E-state index contributed by atoms with van der Waals surface area (Å²) >= 11 is 6.13. The quantitative estimate of drug-likeness (QED) is 0.904. The van der Waals surface area contributed by atoms with Gasteiger partial charge in [0.1, 0.15) is 5.82 Å². The Morgan fingerprint density at radius 3 is 2.96 bits per heavy atom. The van der Waals surface area contributed by atoms with Crippen molar-refractivity contribution in [3.63, 3.8) is 0 Å². The largest absolute Gasteiger partial charge is 0.503 e. The molecule has 1 aromatic carbocycles. The maximum Gasteiger partial charge on any atom is 0.226 e. The number of phenolic OH excluding ortho intramolecular Hbond substituents is 1. The van der Waals surface area contributed by atoms with Crippen LogP contribution in [0.3, 0.4) is 0 Å². The molecule has 1 atom stereocenters. The van der Waals surface area contributed by atoms with E-state index in [1.165, 1.54) is 0 Å². The molecule has 0 saturated heterocycles. The summed E-state index contributed by atoms with van der Waals surface area (Å²) < 4.78 is 7.11. The molecule has 0 spiro atoms. The number of anilines is 1. The number of aromatic hydroxyl groups is 1. The van der Waals surface area contributed by atoms with Crippen LogP contribution in [0.15, 0.2) is 12.1 Å². The molecule has 1 aromatic heterocycles. The molecule has 2 aromatic rings. The molecule has 122 valence electrons. The Hall–Kier alpha value is -2.21. The number of nitrogens with zero attached hydrogens (tertiary/aromatic N) is 2. The summed E-state index contributed by atoms with van der Waals surface area (Å²) in [5.41, 5.74) is 2.65. The van der Waals surface area contributed by atoms with Crippen LogP contribution in [0.1, 0.15) is 36.1 Å². The SMILES string of the molecule is CCOc1cc(C2CC(=O)Nc3c2c(C)nn3C)cc(Cl)c1O. The Labute approximate surface area is 139 Å². The van der Waals surface area contributed by atoms with Gasteiger partial charge in [-0.1, -0.05) is 11.6 Å². The smallest absolute Gasteiger partial charge is 0.226 e. The van der Waals surface area contributed by atoms with Crippen LogP contribution >= 0.6 is 11.6 Å². The van der Waals surface area contributed by atoms with Crippen LogP contribution in [0, 0.1) is 6.92 Å². The number of hydrogen-bond donors (Lipinski definition) is 2. The normalized spacial score (nSPS) is 16.9. The standard InChI is InChI=1S/C16H18ClN3O3/c1-4-23-12-6-9(5-11(17)15(12)22)10-7-13(21)18-16-14(10)8(2)19-20(16)3/h5-6,10,22H,4,7H2,1-3H3,(H,18,21). The number of fused-ring (bicyclic) bond motifs is 1. The van der Waals surface area contributed by atoms with E-state index in [2.05, 4.69) is 10.4 Å².